The van der Waals surface area contributed by atoms with Crippen LogP contribution in [0.3, 0.4) is 0 Å². The van der Waals surface area contributed by atoms with Crippen molar-refractivity contribution in [3.63, 3.8) is 0 Å². The zero-order chi connectivity index (χ0) is 23.5. The van der Waals surface area contributed by atoms with Crippen molar-refractivity contribution in [3.8, 4) is 0 Å². The molecule has 8 nitrogen and oxygen atoms in total. The van der Waals surface area contributed by atoms with E-state index in [9.17, 15) is 19.2 Å². The van der Waals surface area contributed by atoms with Crippen molar-refractivity contribution in [2.75, 3.05) is 5.32 Å². The third-order valence-electron chi connectivity index (χ3n) is 4.40. The van der Waals surface area contributed by atoms with Crippen LogP contribution in [0.1, 0.15) is 41.5 Å². The van der Waals surface area contributed by atoms with Crippen LogP contribution in [-0.2, 0) is 23.8 Å². The van der Waals surface area contributed by atoms with Gasteiger partial charge in [-0.15, -0.1) is 0 Å². The van der Waals surface area contributed by atoms with E-state index in [2.05, 4.69) is 5.32 Å². The Morgan fingerprint density at radius 1 is 0.969 bits per heavy atom. The maximum absolute atomic E-state index is 12.4. The standard InChI is InChI=1S/C23H20ClNO7/c1-13(19(26)14-4-8-16(24)9-5-14)30-20(27)15-6-10-17(11-7-15)25-12-18-21(28)31-23(2,3)32-22(18)29/h4-13,25H,1-3H3. The number of ketones is 1. The van der Waals surface area contributed by atoms with Gasteiger partial charge in [0.15, 0.2) is 11.7 Å². The molecule has 0 saturated carbocycles. The van der Waals surface area contributed by atoms with Crippen LogP contribution in [0.5, 0.6) is 0 Å². The number of cyclic esters (lactones) is 2. The maximum Gasteiger partial charge on any atom is 0.350 e. The van der Waals surface area contributed by atoms with Gasteiger partial charge in [-0.3, -0.25) is 4.79 Å². The van der Waals surface area contributed by atoms with E-state index in [0.717, 1.165) is 0 Å². The highest BCUT2D eigenvalue weighted by atomic mass is 35.5. The Morgan fingerprint density at radius 3 is 2.06 bits per heavy atom. The quantitative estimate of drug-likeness (QED) is 0.301. The SMILES string of the molecule is CC(OC(=O)c1ccc(NC=C2C(=O)OC(C)(C)OC2=O)cc1)C(=O)c1ccc(Cl)cc1. The highest BCUT2D eigenvalue weighted by Gasteiger charge is 2.38. The van der Waals surface area contributed by atoms with Crippen LogP contribution in [0, 0.1) is 0 Å². The Morgan fingerprint density at radius 2 is 1.50 bits per heavy atom. The Kier molecular flexibility index (Phi) is 6.64. The summed E-state index contributed by atoms with van der Waals surface area (Å²) in [6.07, 6.45) is 0.180. The van der Waals surface area contributed by atoms with E-state index in [1.807, 2.05) is 0 Å². The van der Waals surface area contributed by atoms with Crippen molar-refractivity contribution < 1.29 is 33.4 Å². The van der Waals surface area contributed by atoms with Gasteiger partial charge in [0.2, 0.25) is 5.78 Å². The summed E-state index contributed by atoms with van der Waals surface area (Å²) in [4.78, 5) is 48.6. The van der Waals surface area contributed by atoms with Gasteiger partial charge in [0, 0.05) is 36.3 Å². The maximum atomic E-state index is 12.4. The molecule has 1 N–H and O–H groups in total. The molecule has 1 heterocycles. The third kappa shape index (κ3) is 5.53. The molecule has 1 unspecified atom stereocenters. The number of hydrogen-bond donors (Lipinski definition) is 1. The van der Waals surface area contributed by atoms with Crippen LogP contribution in [0.2, 0.25) is 5.02 Å². The zero-order valence-corrected chi connectivity index (χ0v) is 18.3. The molecule has 1 saturated heterocycles. The van der Waals surface area contributed by atoms with Crippen molar-refractivity contribution in [1.29, 1.82) is 0 Å². The fourth-order valence-corrected chi connectivity index (χ4v) is 2.89. The number of halogens is 1. The molecule has 0 bridgehead atoms. The minimum Gasteiger partial charge on any atom is -0.451 e. The second-order valence-electron chi connectivity index (χ2n) is 7.38. The first kappa shape index (κ1) is 23.0. The van der Waals surface area contributed by atoms with Crippen LogP contribution in [0.25, 0.3) is 0 Å². The predicted molar refractivity (Wildman–Crippen MR) is 115 cm³/mol. The van der Waals surface area contributed by atoms with Gasteiger partial charge in [0.1, 0.15) is 0 Å². The van der Waals surface area contributed by atoms with Gasteiger partial charge in [0.25, 0.3) is 5.79 Å². The predicted octanol–water partition coefficient (Wildman–Crippen LogP) is 3.90. The second-order valence-corrected chi connectivity index (χ2v) is 7.81. The third-order valence-corrected chi connectivity index (χ3v) is 4.65. The summed E-state index contributed by atoms with van der Waals surface area (Å²) in [7, 11) is 0. The molecule has 0 radical (unpaired) electrons. The normalized spacial score (nSPS) is 15.8. The number of anilines is 1. The number of ether oxygens (including phenoxy) is 3. The molecule has 0 aromatic heterocycles. The molecule has 1 fully saturated rings. The number of carbonyl (C=O) groups excluding carboxylic acids is 4. The van der Waals surface area contributed by atoms with Crippen LogP contribution in [0.15, 0.2) is 60.3 Å². The molecule has 3 rings (SSSR count). The van der Waals surface area contributed by atoms with Crippen molar-refractivity contribution in [3.05, 3.63) is 76.5 Å². The van der Waals surface area contributed by atoms with Crippen molar-refractivity contribution in [1.82, 2.24) is 0 Å². The van der Waals surface area contributed by atoms with Crippen LogP contribution in [-0.4, -0.2) is 35.6 Å². The fourth-order valence-electron chi connectivity index (χ4n) is 2.77. The zero-order valence-electron chi connectivity index (χ0n) is 17.5. The number of rotatable bonds is 6. The molecule has 1 atom stereocenters. The lowest BCUT2D eigenvalue weighted by atomic mass is 10.1. The molecule has 32 heavy (non-hydrogen) atoms. The summed E-state index contributed by atoms with van der Waals surface area (Å²) >= 11 is 5.81. The van der Waals surface area contributed by atoms with Gasteiger partial charge in [-0.25, -0.2) is 14.4 Å². The van der Waals surface area contributed by atoms with E-state index in [1.54, 1.807) is 36.4 Å². The fraction of sp³-hybridized carbons (Fsp3) is 0.217. The lowest BCUT2D eigenvalue weighted by Gasteiger charge is -2.29. The first-order chi connectivity index (χ1) is 15.1. The van der Waals surface area contributed by atoms with E-state index in [0.29, 0.717) is 16.3 Å². The van der Waals surface area contributed by atoms with Crippen LogP contribution in [0.4, 0.5) is 5.69 Å². The summed E-state index contributed by atoms with van der Waals surface area (Å²) in [5, 5.41) is 3.27. The van der Waals surface area contributed by atoms with Crippen molar-refractivity contribution in [2.45, 2.75) is 32.7 Å². The Labute approximate surface area is 189 Å². The molecule has 9 heteroatoms. The van der Waals surface area contributed by atoms with Crippen molar-refractivity contribution >= 4 is 41.0 Å². The number of esters is 3. The molecule has 0 amide bonds. The smallest absolute Gasteiger partial charge is 0.350 e. The Balaban J connectivity index is 1.61. The molecule has 2 aromatic carbocycles. The van der Waals surface area contributed by atoms with E-state index >= 15 is 0 Å². The van der Waals surface area contributed by atoms with Crippen molar-refractivity contribution in [2.24, 2.45) is 0 Å². The highest BCUT2D eigenvalue weighted by molar-refractivity contribution is 6.30. The molecule has 1 aliphatic heterocycles. The minimum atomic E-state index is -1.32. The molecule has 166 valence electrons. The van der Waals surface area contributed by atoms with E-state index in [-0.39, 0.29) is 16.9 Å². The van der Waals surface area contributed by atoms with Crippen LogP contribution < -0.4 is 5.32 Å². The molecule has 0 aliphatic carbocycles. The first-order valence-electron chi connectivity index (χ1n) is 9.60. The second kappa shape index (κ2) is 9.23. The lowest BCUT2D eigenvalue weighted by Crippen LogP contribution is -2.42. The molecule has 0 spiro atoms. The molecule has 1 aliphatic rings. The summed E-state index contributed by atoms with van der Waals surface area (Å²) in [6.45, 7) is 4.39. The summed E-state index contributed by atoms with van der Waals surface area (Å²) in [5.74, 6) is -3.96. The Hall–Kier alpha value is -3.65. The first-order valence-corrected chi connectivity index (χ1v) is 9.98. The van der Waals surface area contributed by atoms with Gasteiger partial charge in [-0.1, -0.05) is 11.6 Å². The number of benzene rings is 2. The average Bonchev–Trinajstić information content (AvgIpc) is 2.72. The van der Waals surface area contributed by atoms with Gasteiger partial charge < -0.3 is 19.5 Å². The van der Waals surface area contributed by atoms with Gasteiger partial charge in [0.05, 0.1) is 5.56 Å². The number of Topliss-reactive ketones (excluding diaryl/α,β-unsaturated/α-hetero) is 1. The molecule has 2 aromatic rings. The van der Waals surface area contributed by atoms with E-state index in [1.165, 1.54) is 39.1 Å². The summed E-state index contributed by atoms with van der Waals surface area (Å²) in [6, 6.07) is 12.3. The topological polar surface area (TPSA) is 108 Å². The van der Waals surface area contributed by atoms with Gasteiger partial charge in [-0.2, -0.15) is 0 Å². The van der Waals surface area contributed by atoms with Crippen LogP contribution >= 0.6 is 11.6 Å². The monoisotopic (exact) mass is 457 g/mol. The van der Waals surface area contributed by atoms with E-state index in [4.69, 9.17) is 25.8 Å². The molecular weight excluding hydrogens is 438 g/mol. The van der Waals surface area contributed by atoms with E-state index < -0.39 is 29.8 Å². The number of hydrogen-bond acceptors (Lipinski definition) is 8. The highest BCUT2D eigenvalue weighted by Crippen LogP contribution is 2.23. The average molecular weight is 458 g/mol. The Bertz CT molecular complexity index is 1070. The van der Waals surface area contributed by atoms with Gasteiger partial charge in [-0.05, 0) is 55.5 Å². The number of nitrogens with one attached hydrogen (secondary N) is 1. The minimum absolute atomic E-state index is 0.220. The molecular formula is C23H20ClNO7. The van der Waals surface area contributed by atoms with Gasteiger partial charge >= 0.3 is 17.9 Å². The lowest BCUT2D eigenvalue weighted by molar-refractivity contribution is -0.222. The largest absolute Gasteiger partial charge is 0.451 e. The number of carbonyl (C=O) groups is 4. The summed E-state index contributed by atoms with van der Waals surface area (Å²) < 4.78 is 15.3. The summed E-state index contributed by atoms with van der Waals surface area (Å²) in [5.41, 5.74) is 0.801.